The van der Waals surface area contributed by atoms with Crippen molar-refractivity contribution >= 4 is 39.1 Å². The zero-order valence-corrected chi connectivity index (χ0v) is 12.2. The van der Waals surface area contributed by atoms with Crippen molar-refractivity contribution in [1.29, 1.82) is 0 Å². The van der Waals surface area contributed by atoms with Gasteiger partial charge in [-0.05, 0) is 24.6 Å². The molecule has 0 spiro atoms. The van der Waals surface area contributed by atoms with Crippen molar-refractivity contribution in [3.05, 3.63) is 28.2 Å². The Hall–Kier alpha value is -1.53. The highest BCUT2D eigenvalue weighted by Crippen LogP contribution is 2.32. The molecule has 2 aliphatic heterocycles. The molecule has 0 bridgehead atoms. The zero-order chi connectivity index (χ0) is 14.3. The Bertz CT molecular complexity index is 607. The van der Waals surface area contributed by atoms with Crippen LogP contribution in [0.1, 0.15) is 16.8 Å². The minimum Gasteiger partial charge on any atom is -0.381 e. The molecule has 2 aliphatic rings. The summed E-state index contributed by atoms with van der Waals surface area (Å²) in [5.74, 6) is -1.42. The molecule has 1 atom stereocenters. The molecule has 3 rings (SSSR count). The van der Waals surface area contributed by atoms with Crippen molar-refractivity contribution < 1.29 is 19.1 Å². The third kappa shape index (κ3) is 2.19. The van der Waals surface area contributed by atoms with Gasteiger partial charge in [-0.3, -0.25) is 19.3 Å². The van der Waals surface area contributed by atoms with E-state index in [-0.39, 0.29) is 18.2 Å². The fraction of sp³-hybridized carbons (Fsp3) is 0.357. The van der Waals surface area contributed by atoms with Gasteiger partial charge in [0.15, 0.2) is 5.78 Å². The fourth-order valence-electron chi connectivity index (χ4n) is 2.50. The molecule has 1 fully saturated rings. The number of amides is 1. The zero-order valence-electron chi connectivity index (χ0n) is 10.6. The molecule has 104 valence electrons. The Morgan fingerprint density at radius 1 is 1.40 bits per heavy atom. The summed E-state index contributed by atoms with van der Waals surface area (Å²) >= 11 is 3.31. The second kappa shape index (κ2) is 5.10. The summed E-state index contributed by atoms with van der Waals surface area (Å²) in [5, 5.41) is 0. The molecular formula is C14H12BrNO4. The molecular weight excluding hydrogens is 326 g/mol. The first-order valence-corrected chi connectivity index (χ1v) is 7.13. The summed E-state index contributed by atoms with van der Waals surface area (Å²) in [7, 11) is 0. The van der Waals surface area contributed by atoms with Gasteiger partial charge in [-0.2, -0.15) is 0 Å². The van der Waals surface area contributed by atoms with Gasteiger partial charge in [0.05, 0.1) is 24.4 Å². The van der Waals surface area contributed by atoms with E-state index in [9.17, 15) is 14.4 Å². The van der Waals surface area contributed by atoms with Crippen molar-refractivity contribution in [2.75, 3.05) is 24.7 Å². The Morgan fingerprint density at radius 2 is 2.20 bits per heavy atom. The summed E-state index contributed by atoms with van der Waals surface area (Å²) in [6, 6.07) is 5.00. The van der Waals surface area contributed by atoms with Crippen molar-refractivity contribution in [3.63, 3.8) is 0 Å². The van der Waals surface area contributed by atoms with Gasteiger partial charge in [-0.1, -0.05) is 15.9 Å². The number of halogens is 1. The average molecular weight is 338 g/mol. The van der Waals surface area contributed by atoms with E-state index in [4.69, 9.17) is 4.74 Å². The molecule has 1 saturated heterocycles. The Labute approximate surface area is 124 Å². The van der Waals surface area contributed by atoms with Crippen LogP contribution in [0, 0.1) is 5.92 Å². The van der Waals surface area contributed by atoms with Crippen LogP contribution in [0.2, 0.25) is 0 Å². The minimum absolute atomic E-state index is 0.0588. The number of ether oxygens (including phenoxy) is 1. The van der Waals surface area contributed by atoms with Gasteiger partial charge in [-0.15, -0.1) is 0 Å². The van der Waals surface area contributed by atoms with Crippen LogP contribution < -0.4 is 4.90 Å². The lowest BCUT2D eigenvalue weighted by Crippen LogP contribution is -2.37. The van der Waals surface area contributed by atoms with E-state index in [1.165, 1.54) is 4.90 Å². The lowest BCUT2D eigenvalue weighted by atomic mass is 10.0. The largest absolute Gasteiger partial charge is 0.381 e. The number of rotatable bonds is 3. The van der Waals surface area contributed by atoms with Gasteiger partial charge in [-0.25, -0.2) is 0 Å². The van der Waals surface area contributed by atoms with Crippen molar-refractivity contribution in [3.8, 4) is 0 Å². The van der Waals surface area contributed by atoms with Gasteiger partial charge in [0.25, 0.3) is 11.7 Å². The van der Waals surface area contributed by atoms with E-state index < -0.39 is 11.7 Å². The van der Waals surface area contributed by atoms with E-state index in [0.29, 0.717) is 30.9 Å². The maximum Gasteiger partial charge on any atom is 0.299 e. The van der Waals surface area contributed by atoms with Crippen LogP contribution in [0.3, 0.4) is 0 Å². The number of fused-ring (bicyclic) bond motifs is 1. The SMILES string of the molecule is O=C1C(=O)N(CC(=O)C2CCOC2)c2cc(Br)ccc21. The lowest BCUT2D eigenvalue weighted by Gasteiger charge is -2.17. The molecule has 1 aromatic rings. The maximum absolute atomic E-state index is 12.2. The Morgan fingerprint density at radius 3 is 2.90 bits per heavy atom. The minimum atomic E-state index is -0.634. The summed E-state index contributed by atoms with van der Waals surface area (Å²) in [5.41, 5.74) is 0.857. The van der Waals surface area contributed by atoms with E-state index in [0.717, 1.165) is 4.47 Å². The number of hydrogen-bond acceptors (Lipinski definition) is 4. The topological polar surface area (TPSA) is 63.7 Å². The first-order valence-electron chi connectivity index (χ1n) is 6.34. The highest BCUT2D eigenvalue weighted by molar-refractivity contribution is 9.10. The van der Waals surface area contributed by atoms with Crippen LogP contribution in [0.25, 0.3) is 0 Å². The molecule has 0 saturated carbocycles. The van der Waals surface area contributed by atoms with Crippen LogP contribution in [0.4, 0.5) is 5.69 Å². The number of carbonyl (C=O) groups is 3. The predicted octanol–water partition coefficient (Wildman–Crippen LogP) is 1.58. The highest BCUT2D eigenvalue weighted by Gasteiger charge is 2.38. The fourth-order valence-corrected chi connectivity index (χ4v) is 2.85. The third-order valence-corrected chi connectivity index (χ3v) is 4.13. The van der Waals surface area contributed by atoms with Gasteiger partial charge in [0.2, 0.25) is 0 Å². The number of anilines is 1. The molecule has 1 unspecified atom stereocenters. The molecule has 0 aliphatic carbocycles. The molecule has 1 amide bonds. The first kappa shape index (κ1) is 13.5. The van der Waals surface area contributed by atoms with Crippen molar-refractivity contribution in [2.24, 2.45) is 5.92 Å². The van der Waals surface area contributed by atoms with Gasteiger partial charge < -0.3 is 4.74 Å². The number of carbonyl (C=O) groups excluding carboxylic acids is 3. The number of benzene rings is 1. The molecule has 0 aromatic heterocycles. The maximum atomic E-state index is 12.2. The van der Waals surface area contributed by atoms with E-state index >= 15 is 0 Å². The third-order valence-electron chi connectivity index (χ3n) is 3.63. The molecule has 0 radical (unpaired) electrons. The second-order valence-electron chi connectivity index (χ2n) is 4.91. The normalized spacial score (nSPS) is 21.4. The Balaban J connectivity index is 1.87. The first-order chi connectivity index (χ1) is 9.58. The molecule has 0 N–H and O–H groups in total. The van der Waals surface area contributed by atoms with Crippen LogP contribution in [-0.4, -0.2) is 37.2 Å². The highest BCUT2D eigenvalue weighted by atomic mass is 79.9. The lowest BCUT2D eigenvalue weighted by molar-refractivity contribution is -0.123. The molecule has 1 aromatic carbocycles. The number of nitrogens with zero attached hydrogens (tertiary/aromatic N) is 1. The number of hydrogen-bond donors (Lipinski definition) is 0. The molecule has 5 nitrogen and oxygen atoms in total. The van der Waals surface area contributed by atoms with E-state index in [1.807, 2.05) is 0 Å². The van der Waals surface area contributed by atoms with Gasteiger partial charge >= 0.3 is 0 Å². The summed E-state index contributed by atoms with van der Waals surface area (Å²) in [4.78, 5) is 37.3. The predicted molar refractivity (Wildman–Crippen MR) is 74.8 cm³/mol. The summed E-state index contributed by atoms with van der Waals surface area (Å²) < 4.78 is 5.94. The van der Waals surface area contributed by atoms with Crippen LogP contribution in [0.5, 0.6) is 0 Å². The van der Waals surface area contributed by atoms with Crippen LogP contribution >= 0.6 is 15.9 Å². The van der Waals surface area contributed by atoms with E-state index in [2.05, 4.69) is 15.9 Å². The van der Waals surface area contributed by atoms with E-state index in [1.54, 1.807) is 18.2 Å². The van der Waals surface area contributed by atoms with Crippen LogP contribution in [-0.2, 0) is 14.3 Å². The molecule has 2 heterocycles. The molecule has 20 heavy (non-hydrogen) atoms. The molecule has 6 heteroatoms. The number of ketones is 2. The van der Waals surface area contributed by atoms with Crippen molar-refractivity contribution in [1.82, 2.24) is 0 Å². The number of Topliss-reactive ketones (excluding diaryl/α,β-unsaturated/α-hetero) is 2. The summed E-state index contributed by atoms with van der Waals surface area (Å²) in [6.45, 7) is 0.910. The smallest absolute Gasteiger partial charge is 0.299 e. The van der Waals surface area contributed by atoms with Crippen LogP contribution in [0.15, 0.2) is 22.7 Å². The second-order valence-corrected chi connectivity index (χ2v) is 5.82. The Kier molecular flexibility index (Phi) is 3.43. The standard InChI is InChI=1S/C14H12BrNO4/c15-9-1-2-10-11(5-9)16(14(19)13(10)18)6-12(17)8-3-4-20-7-8/h1-2,5,8H,3-4,6-7H2. The summed E-state index contributed by atoms with van der Waals surface area (Å²) in [6.07, 6.45) is 0.681. The monoisotopic (exact) mass is 337 g/mol. The van der Waals surface area contributed by atoms with Gasteiger partial charge in [0.1, 0.15) is 0 Å². The van der Waals surface area contributed by atoms with Crippen molar-refractivity contribution in [2.45, 2.75) is 6.42 Å². The van der Waals surface area contributed by atoms with Gasteiger partial charge in [0, 0.05) is 17.0 Å². The quantitative estimate of drug-likeness (QED) is 0.785. The average Bonchev–Trinajstić information content (AvgIpc) is 3.03.